The zero-order valence-electron chi connectivity index (χ0n) is 7.42. The molecule has 3 saturated carbocycles. The molecule has 1 unspecified atom stereocenters. The van der Waals surface area contributed by atoms with Gasteiger partial charge in [-0.2, -0.15) is 0 Å². The number of allylic oxidation sites excluding steroid dienone is 2. The highest BCUT2D eigenvalue weighted by Gasteiger charge is 2.33. The predicted octanol–water partition coefficient (Wildman–Crippen LogP) is 3.39. The number of rotatable bonds is 1. The van der Waals surface area contributed by atoms with Crippen molar-refractivity contribution in [3.63, 3.8) is 0 Å². The second kappa shape index (κ2) is 3.00. The first-order valence-electron chi connectivity index (χ1n) is 5.03. The third kappa shape index (κ3) is 1.36. The zero-order valence-corrected chi connectivity index (χ0v) is 7.42. The molecule has 0 heterocycles. The first kappa shape index (κ1) is 7.39. The van der Waals surface area contributed by atoms with E-state index in [1.807, 2.05) is 0 Å². The minimum atomic E-state index is 0.951. The first-order valence-corrected chi connectivity index (χ1v) is 5.03. The Morgan fingerprint density at radius 2 is 1.82 bits per heavy atom. The summed E-state index contributed by atoms with van der Waals surface area (Å²) in [7, 11) is 0. The summed E-state index contributed by atoms with van der Waals surface area (Å²) >= 11 is 0. The summed E-state index contributed by atoms with van der Waals surface area (Å²) in [6, 6.07) is 0. The van der Waals surface area contributed by atoms with E-state index < -0.39 is 0 Å². The van der Waals surface area contributed by atoms with Gasteiger partial charge in [-0.3, -0.25) is 0 Å². The molecule has 62 valence electrons. The minimum absolute atomic E-state index is 0.951. The molecule has 0 spiro atoms. The van der Waals surface area contributed by atoms with Crippen molar-refractivity contribution in [1.82, 2.24) is 0 Å². The maximum absolute atomic E-state index is 2.44. The summed E-state index contributed by atoms with van der Waals surface area (Å²) in [5, 5.41) is 0. The quantitative estimate of drug-likeness (QED) is 0.503. The van der Waals surface area contributed by atoms with E-state index in [-0.39, 0.29) is 0 Å². The van der Waals surface area contributed by atoms with Crippen LogP contribution < -0.4 is 0 Å². The van der Waals surface area contributed by atoms with Gasteiger partial charge in [0.25, 0.3) is 0 Å². The van der Waals surface area contributed by atoms with Crippen LogP contribution in [0.15, 0.2) is 12.2 Å². The minimum Gasteiger partial charge on any atom is -0.0914 e. The monoisotopic (exact) mass is 150 g/mol. The molecule has 0 aromatic heterocycles. The molecule has 0 aliphatic heterocycles. The Balaban J connectivity index is 2.02. The predicted molar refractivity (Wildman–Crippen MR) is 48.4 cm³/mol. The lowest BCUT2D eigenvalue weighted by Gasteiger charge is -2.41. The fourth-order valence-corrected chi connectivity index (χ4v) is 2.91. The Hall–Kier alpha value is -0.260. The van der Waals surface area contributed by atoms with E-state index in [1.54, 1.807) is 0 Å². The van der Waals surface area contributed by atoms with Crippen LogP contribution in [0.4, 0.5) is 0 Å². The molecule has 0 heteroatoms. The third-order valence-electron chi connectivity index (χ3n) is 3.54. The molecule has 0 amide bonds. The lowest BCUT2D eigenvalue weighted by Crippen LogP contribution is -2.29. The summed E-state index contributed by atoms with van der Waals surface area (Å²) in [5.74, 6) is 3.09. The average Bonchev–Trinajstić information content (AvgIpc) is 2.07. The largest absolute Gasteiger partial charge is 0.0914 e. The number of fused-ring (bicyclic) bond motifs is 3. The van der Waals surface area contributed by atoms with Gasteiger partial charge >= 0.3 is 0 Å². The molecular formula is C11H18. The summed E-state index contributed by atoms with van der Waals surface area (Å²) in [6.07, 6.45) is 12.3. The Kier molecular flexibility index (Phi) is 2.02. The van der Waals surface area contributed by atoms with Gasteiger partial charge in [0.15, 0.2) is 0 Å². The fourth-order valence-electron chi connectivity index (χ4n) is 2.91. The topological polar surface area (TPSA) is 0 Å². The van der Waals surface area contributed by atoms with Crippen LogP contribution in [0.1, 0.15) is 39.0 Å². The molecule has 2 bridgehead atoms. The van der Waals surface area contributed by atoms with Gasteiger partial charge in [0, 0.05) is 0 Å². The molecule has 0 nitrogen and oxygen atoms in total. The van der Waals surface area contributed by atoms with Crippen molar-refractivity contribution < 1.29 is 0 Å². The van der Waals surface area contributed by atoms with Crippen LogP contribution in [0.3, 0.4) is 0 Å². The summed E-state index contributed by atoms with van der Waals surface area (Å²) in [5.41, 5.74) is 0. The molecule has 0 N–H and O–H groups in total. The average molecular weight is 150 g/mol. The van der Waals surface area contributed by atoms with Crippen LogP contribution in [0, 0.1) is 17.8 Å². The van der Waals surface area contributed by atoms with Crippen molar-refractivity contribution in [2.45, 2.75) is 39.0 Å². The van der Waals surface area contributed by atoms with E-state index in [4.69, 9.17) is 0 Å². The van der Waals surface area contributed by atoms with Gasteiger partial charge in [0.05, 0.1) is 0 Å². The van der Waals surface area contributed by atoms with Gasteiger partial charge in [-0.1, -0.05) is 25.0 Å². The summed E-state index contributed by atoms with van der Waals surface area (Å²) in [6.45, 7) is 2.16. The molecule has 1 atom stereocenters. The van der Waals surface area contributed by atoms with Crippen molar-refractivity contribution in [2.24, 2.45) is 17.8 Å². The molecule has 3 aliphatic carbocycles. The Labute approximate surface area is 69.7 Å². The van der Waals surface area contributed by atoms with Crippen LogP contribution in [0.25, 0.3) is 0 Å². The van der Waals surface area contributed by atoms with Crippen LogP contribution in [0.5, 0.6) is 0 Å². The highest BCUT2D eigenvalue weighted by molar-refractivity contribution is 4.96. The molecule has 0 radical (unpaired) electrons. The smallest absolute Gasteiger partial charge is 0.0203 e. The summed E-state index contributed by atoms with van der Waals surface area (Å²) in [4.78, 5) is 0. The van der Waals surface area contributed by atoms with Gasteiger partial charge in [0.2, 0.25) is 0 Å². The highest BCUT2D eigenvalue weighted by atomic mass is 14.4. The second-order valence-corrected chi connectivity index (χ2v) is 4.21. The van der Waals surface area contributed by atoms with E-state index in [1.165, 1.54) is 32.1 Å². The lowest BCUT2D eigenvalue weighted by molar-refractivity contribution is 0.128. The Morgan fingerprint density at radius 3 is 2.27 bits per heavy atom. The zero-order chi connectivity index (χ0) is 7.68. The second-order valence-electron chi connectivity index (χ2n) is 4.21. The third-order valence-corrected chi connectivity index (χ3v) is 3.54. The molecule has 0 saturated heterocycles. The van der Waals surface area contributed by atoms with Gasteiger partial charge in [-0.15, -0.1) is 0 Å². The van der Waals surface area contributed by atoms with Crippen molar-refractivity contribution in [3.8, 4) is 0 Å². The van der Waals surface area contributed by atoms with Crippen LogP contribution >= 0.6 is 0 Å². The summed E-state index contributed by atoms with van der Waals surface area (Å²) < 4.78 is 0. The maximum Gasteiger partial charge on any atom is -0.0203 e. The normalized spacial score (nSPS) is 43.5. The van der Waals surface area contributed by atoms with Crippen molar-refractivity contribution in [2.75, 3.05) is 0 Å². The van der Waals surface area contributed by atoms with Gasteiger partial charge in [0.1, 0.15) is 0 Å². The molecule has 3 fully saturated rings. The van der Waals surface area contributed by atoms with Gasteiger partial charge in [-0.05, 0) is 43.9 Å². The first-order chi connectivity index (χ1) is 5.40. The molecule has 3 aliphatic rings. The number of hydrogen-bond acceptors (Lipinski definition) is 0. The standard InChI is InChI=1S/C11H18/c1-2-3-11-8-9-4-6-10(11)7-5-9/h2-3,9-11H,4-8H2,1H3. The maximum atomic E-state index is 2.44. The number of hydrogen-bond donors (Lipinski definition) is 0. The van der Waals surface area contributed by atoms with Gasteiger partial charge < -0.3 is 0 Å². The SMILES string of the molecule is CC=CC1CC2CCC1CC2. The van der Waals surface area contributed by atoms with E-state index >= 15 is 0 Å². The molecule has 0 aromatic rings. The Bertz CT molecular complexity index is 149. The van der Waals surface area contributed by atoms with E-state index in [9.17, 15) is 0 Å². The van der Waals surface area contributed by atoms with Crippen LogP contribution in [-0.4, -0.2) is 0 Å². The van der Waals surface area contributed by atoms with Crippen molar-refractivity contribution in [3.05, 3.63) is 12.2 Å². The van der Waals surface area contributed by atoms with Crippen molar-refractivity contribution >= 4 is 0 Å². The Morgan fingerprint density at radius 1 is 1.09 bits per heavy atom. The van der Waals surface area contributed by atoms with E-state index in [0.717, 1.165) is 17.8 Å². The van der Waals surface area contributed by atoms with Crippen LogP contribution in [-0.2, 0) is 0 Å². The van der Waals surface area contributed by atoms with Crippen LogP contribution in [0.2, 0.25) is 0 Å². The molecule has 3 rings (SSSR count). The van der Waals surface area contributed by atoms with E-state index in [2.05, 4.69) is 19.1 Å². The van der Waals surface area contributed by atoms with Crippen molar-refractivity contribution in [1.29, 1.82) is 0 Å². The highest BCUT2D eigenvalue weighted by Crippen LogP contribution is 2.45. The van der Waals surface area contributed by atoms with E-state index in [0.29, 0.717) is 0 Å². The van der Waals surface area contributed by atoms with Gasteiger partial charge in [-0.25, -0.2) is 0 Å². The molecule has 11 heavy (non-hydrogen) atoms. The molecular weight excluding hydrogens is 132 g/mol. The fraction of sp³-hybridized carbons (Fsp3) is 0.818. The lowest BCUT2D eigenvalue weighted by atomic mass is 9.65. The molecule has 0 aromatic carbocycles.